The maximum absolute atomic E-state index is 12.6. The lowest BCUT2D eigenvalue weighted by Crippen LogP contribution is -2.20. The second kappa shape index (κ2) is 9.41. The van der Waals surface area contributed by atoms with E-state index in [4.69, 9.17) is 16.3 Å². The van der Waals surface area contributed by atoms with Crippen LogP contribution in [-0.4, -0.2) is 20.9 Å². The number of nitrogens with one attached hydrogen (secondary N) is 2. The fourth-order valence-electron chi connectivity index (χ4n) is 3.07. The molecule has 1 amide bonds. The Balaban J connectivity index is 1.61. The molecule has 0 bridgehead atoms. The molecule has 0 aliphatic rings. The SMILES string of the molecule is Cc1cc(C)cc(NS(=O)(=O)c2ccc(OCC(=O)Nc3ccc(Cl)cc3C)cc2)c1. The molecule has 0 atom stereocenters. The number of benzene rings is 3. The fourth-order valence-corrected chi connectivity index (χ4v) is 4.33. The van der Waals surface area contributed by atoms with E-state index in [0.29, 0.717) is 22.1 Å². The number of rotatable bonds is 7. The number of aryl methyl sites for hydroxylation is 3. The Morgan fingerprint density at radius 2 is 1.58 bits per heavy atom. The summed E-state index contributed by atoms with van der Waals surface area (Å²) >= 11 is 5.91. The number of halogens is 1. The maximum Gasteiger partial charge on any atom is 0.262 e. The van der Waals surface area contributed by atoms with Crippen molar-refractivity contribution in [2.45, 2.75) is 25.7 Å². The molecule has 6 nitrogen and oxygen atoms in total. The molecular formula is C23H23ClN2O4S. The number of carbonyl (C=O) groups excluding carboxylic acids is 1. The van der Waals surface area contributed by atoms with Gasteiger partial charge in [-0.15, -0.1) is 0 Å². The average molecular weight is 459 g/mol. The number of hydrogen-bond donors (Lipinski definition) is 2. The minimum Gasteiger partial charge on any atom is -0.484 e. The highest BCUT2D eigenvalue weighted by molar-refractivity contribution is 7.92. The molecule has 0 aromatic heterocycles. The van der Waals surface area contributed by atoms with Crippen LogP contribution in [-0.2, 0) is 14.8 Å². The number of sulfonamides is 1. The summed E-state index contributed by atoms with van der Waals surface area (Å²) in [5.41, 5.74) is 3.93. The van der Waals surface area contributed by atoms with E-state index >= 15 is 0 Å². The van der Waals surface area contributed by atoms with Crippen molar-refractivity contribution in [1.29, 1.82) is 0 Å². The Bertz CT molecular complexity index is 1190. The Kier molecular flexibility index (Phi) is 6.87. The van der Waals surface area contributed by atoms with Crippen LogP contribution >= 0.6 is 11.6 Å². The first-order chi connectivity index (χ1) is 14.6. The fraction of sp³-hybridized carbons (Fsp3) is 0.174. The van der Waals surface area contributed by atoms with E-state index in [0.717, 1.165) is 16.7 Å². The van der Waals surface area contributed by atoms with E-state index in [9.17, 15) is 13.2 Å². The van der Waals surface area contributed by atoms with Crippen molar-refractivity contribution in [3.63, 3.8) is 0 Å². The van der Waals surface area contributed by atoms with E-state index in [-0.39, 0.29) is 17.4 Å². The molecule has 0 radical (unpaired) electrons. The number of carbonyl (C=O) groups is 1. The Morgan fingerprint density at radius 3 is 2.19 bits per heavy atom. The van der Waals surface area contributed by atoms with Gasteiger partial charge in [0.1, 0.15) is 5.75 Å². The Labute approximate surface area is 187 Å². The monoisotopic (exact) mass is 458 g/mol. The van der Waals surface area contributed by atoms with Crippen LogP contribution in [0.15, 0.2) is 65.6 Å². The van der Waals surface area contributed by atoms with Gasteiger partial charge in [0.15, 0.2) is 6.61 Å². The topological polar surface area (TPSA) is 84.5 Å². The summed E-state index contributed by atoms with van der Waals surface area (Å²) in [7, 11) is -3.74. The lowest BCUT2D eigenvalue weighted by molar-refractivity contribution is -0.118. The predicted molar refractivity (Wildman–Crippen MR) is 123 cm³/mol. The van der Waals surface area contributed by atoms with E-state index in [1.165, 1.54) is 24.3 Å². The van der Waals surface area contributed by atoms with Gasteiger partial charge >= 0.3 is 0 Å². The summed E-state index contributed by atoms with van der Waals surface area (Å²) in [5.74, 6) is 0.0481. The molecule has 0 unspecified atom stereocenters. The smallest absolute Gasteiger partial charge is 0.262 e. The third kappa shape index (κ3) is 6.23. The van der Waals surface area contributed by atoms with E-state index < -0.39 is 10.0 Å². The highest BCUT2D eigenvalue weighted by atomic mass is 35.5. The molecule has 162 valence electrons. The summed E-state index contributed by atoms with van der Waals surface area (Å²) in [6, 6.07) is 16.6. The van der Waals surface area contributed by atoms with Gasteiger partial charge in [-0.2, -0.15) is 0 Å². The van der Waals surface area contributed by atoms with Crippen molar-refractivity contribution in [3.05, 3.63) is 82.4 Å². The summed E-state index contributed by atoms with van der Waals surface area (Å²) < 4.78 is 33.3. The van der Waals surface area contributed by atoms with Crippen molar-refractivity contribution in [3.8, 4) is 5.75 Å². The Hall–Kier alpha value is -3.03. The average Bonchev–Trinajstić information content (AvgIpc) is 2.68. The quantitative estimate of drug-likeness (QED) is 0.516. The Morgan fingerprint density at radius 1 is 0.935 bits per heavy atom. The molecule has 0 heterocycles. The largest absolute Gasteiger partial charge is 0.484 e. The minimum atomic E-state index is -3.74. The van der Waals surface area contributed by atoms with E-state index in [1.807, 2.05) is 26.8 Å². The van der Waals surface area contributed by atoms with Crippen LogP contribution in [0.25, 0.3) is 0 Å². The van der Waals surface area contributed by atoms with Gasteiger partial charge in [0.2, 0.25) is 0 Å². The number of ether oxygens (including phenoxy) is 1. The zero-order valence-corrected chi connectivity index (χ0v) is 19.0. The third-order valence-electron chi connectivity index (χ3n) is 4.44. The van der Waals surface area contributed by atoms with Crippen LogP contribution in [0.2, 0.25) is 5.02 Å². The second-order valence-corrected chi connectivity index (χ2v) is 9.37. The van der Waals surface area contributed by atoms with Crippen molar-refractivity contribution in [2.24, 2.45) is 0 Å². The van der Waals surface area contributed by atoms with E-state index in [1.54, 1.807) is 30.3 Å². The molecule has 2 N–H and O–H groups in total. The normalized spacial score (nSPS) is 11.1. The molecule has 31 heavy (non-hydrogen) atoms. The molecule has 0 saturated heterocycles. The molecular weight excluding hydrogens is 436 g/mol. The summed E-state index contributed by atoms with van der Waals surface area (Å²) in [4.78, 5) is 12.2. The van der Waals surface area contributed by atoms with Gasteiger partial charge in [-0.25, -0.2) is 8.42 Å². The van der Waals surface area contributed by atoms with Gasteiger partial charge < -0.3 is 10.1 Å². The number of hydrogen-bond acceptors (Lipinski definition) is 4. The molecule has 0 saturated carbocycles. The molecule has 0 spiro atoms. The first-order valence-corrected chi connectivity index (χ1v) is 11.4. The maximum atomic E-state index is 12.6. The van der Waals surface area contributed by atoms with Crippen LogP contribution in [0.4, 0.5) is 11.4 Å². The molecule has 3 aromatic carbocycles. The van der Waals surface area contributed by atoms with Crippen LogP contribution in [0, 0.1) is 20.8 Å². The van der Waals surface area contributed by atoms with E-state index in [2.05, 4.69) is 10.0 Å². The van der Waals surface area contributed by atoms with Gasteiger partial charge in [0.25, 0.3) is 15.9 Å². The predicted octanol–water partition coefficient (Wildman–Crippen LogP) is 5.08. The zero-order valence-electron chi connectivity index (χ0n) is 17.4. The summed E-state index contributed by atoms with van der Waals surface area (Å²) in [5, 5.41) is 3.34. The number of amides is 1. The third-order valence-corrected chi connectivity index (χ3v) is 6.07. The van der Waals surface area contributed by atoms with Crippen LogP contribution in [0.3, 0.4) is 0 Å². The lowest BCUT2D eigenvalue weighted by atomic mass is 10.1. The van der Waals surface area contributed by atoms with Crippen LogP contribution in [0.5, 0.6) is 5.75 Å². The van der Waals surface area contributed by atoms with Gasteiger partial charge in [-0.3, -0.25) is 9.52 Å². The molecule has 0 fully saturated rings. The molecule has 8 heteroatoms. The highest BCUT2D eigenvalue weighted by Gasteiger charge is 2.15. The van der Waals surface area contributed by atoms with Gasteiger partial charge in [-0.05, 0) is 92.1 Å². The second-order valence-electron chi connectivity index (χ2n) is 7.25. The van der Waals surface area contributed by atoms with Crippen molar-refractivity contribution in [2.75, 3.05) is 16.6 Å². The van der Waals surface area contributed by atoms with Gasteiger partial charge in [-0.1, -0.05) is 17.7 Å². The standard InChI is InChI=1S/C23H23ClN2O4S/c1-15-10-16(2)12-19(11-15)26-31(28,29)21-7-5-20(6-8-21)30-14-23(27)25-22-9-4-18(24)13-17(22)3/h4-13,26H,14H2,1-3H3,(H,25,27). The van der Waals surface area contributed by atoms with Crippen LogP contribution in [0.1, 0.15) is 16.7 Å². The highest BCUT2D eigenvalue weighted by Crippen LogP contribution is 2.22. The molecule has 0 aliphatic carbocycles. The summed E-state index contributed by atoms with van der Waals surface area (Å²) in [6.07, 6.45) is 0. The number of anilines is 2. The first-order valence-electron chi connectivity index (χ1n) is 9.52. The zero-order chi connectivity index (χ0) is 22.6. The lowest BCUT2D eigenvalue weighted by Gasteiger charge is -2.11. The van der Waals surface area contributed by atoms with Crippen LogP contribution < -0.4 is 14.8 Å². The first kappa shape index (κ1) is 22.7. The minimum absolute atomic E-state index is 0.0975. The van der Waals surface area contributed by atoms with Gasteiger partial charge in [0.05, 0.1) is 4.90 Å². The summed E-state index contributed by atoms with van der Waals surface area (Å²) in [6.45, 7) is 5.44. The molecule has 3 aromatic rings. The van der Waals surface area contributed by atoms with Crippen molar-refractivity contribution >= 4 is 38.9 Å². The molecule has 0 aliphatic heterocycles. The van der Waals surface area contributed by atoms with Gasteiger partial charge in [0, 0.05) is 16.4 Å². The van der Waals surface area contributed by atoms with Crippen molar-refractivity contribution in [1.82, 2.24) is 0 Å². The van der Waals surface area contributed by atoms with Crippen molar-refractivity contribution < 1.29 is 17.9 Å². The molecule has 3 rings (SSSR count).